The Hall–Kier alpha value is -1.55. The first kappa shape index (κ1) is 13.5. The van der Waals surface area contributed by atoms with Gasteiger partial charge in [0.05, 0.1) is 12.8 Å². The molecule has 0 bridgehead atoms. The number of ether oxygens (including phenoxy) is 1. The van der Waals surface area contributed by atoms with Gasteiger partial charge in [0.1, 0.15) is 5.75 Å². The van der Waals surface area contributed by atoms with Gasteiger partial charge < -0.3 is 15.4 Å². The van der Waals surface area contributed by atoms with Gasteiger partial charge in [-0.15, -0.1) is 0 Å². The van der Waals surface area contributed by atoms with E-state index in [-0.39, 0.29) is 5.91 Å². The highest BCUT2D eigenvalue weighted by Gasteiger charge is 2.13. The predicted octanol–water partition coefficient (Wildman–Crippen LogP) is 1.79. The zero-order valence-corrected chi connectivity index (χ0v) is 10.5. The molecular weight excluding hydrogens is 216 g/mol. The SMILES string of the molecule is COc1ccccc1N(C)C(=O)CCCCN. The maximum Gasteiger partial charge on any atom is 0.226 e. The number of hydrogen-bond acceptors (Lipinski definition) is 3. The van der Waals surface area contributed by atoms with Crippen LogP contribution >= 0.6 is 0 Å². The summed E-state index contributed by atoms with van der Waals surface area (Å²) in [6, 6.07) is 7.50. The molecule has 0 saturated heterocycles. The van der Waals surface area contributed by atoms with Crippen molar-refractivity contribution in [2.24, 2.45) is 5.73 Å². The van der Waals surface area contributed by atoms with Gasteiger partial charge in [-0.2, -0.15) is 0 Å². The van der Waals surface area contributed by atoms with E-state index in [1.54, 1.807) is 19.1 Å². The van der Waals surface area contributed by atoms with Gasteiger partial charge in [-0.3, -0.25) is 4.79 Å². The Morgan fingerprint density at radius 1 is 1.35 bits per heavy atom. The summed E-state index contributed by atoms with van der Waals surface area (Å²) >= 11 is 0. The molecule has 1 aromatic rings. The number of para-hydroxylation sites is 2. The number of benzene rings is 1. The molecule has 0 radical (unpaired) electrons. The second-order valence-electron chi connectivity index (χ2n) is 3.87. The third-order valence-electron chi connectivity index (χ3n) is 2.67. The molecule has 1 amide bonds. The van der Waals surface area contributed by atoms with Gasteiger partial charge in [-0.1, -0.05) is 12.1 Å². The van der Waals surface area contributed by atoms with Crippen molar-refractivity contribution in [1.29, 1.82) is 0 Å². The fourth-order valence-electron chi connectivity index (χ4n) is 1.63. The number of nitrogens with zero attached hydrogens (tertiary/aromatic N) is 1. The summed E-state index contributed by atoms with van der Waals surface area (Å²) in [6.45, 7) is 0.631. The van der Waals surface area contributed by atoms with E-state index in [1.165, 1.54) is 0 Å². The van der Waals surface area contributed by atoms with E-state index < -0.39 is 0 Å². The Morgan fingerprint density at radius 3 is 2.71 bits per heavy atom. The molecule has 0 fully saturated rings. The smallest absolute Gasteiger partial charge is 0.226 e. The van der Waals surface area contributed by atoms with E-state index >= 15 is 0 Å². The van der Waals surface area contributed by atoms with Crippen LogP contribution in [0.2, 0.25) is 0 Å². The number of unbranched alkanes of at least 4 members (excludes halogenated alkanes) is 1. The lowest BCUT2D eigenvalue weighted by atomic mass is 10.2. The molecule has 0 heterocycles. The normalized spacial score (nSPS) is 10.1. The summed E-state index contributed by atoms with van der Waals surface area (Å²) in [5.74, 6) is 0.796. The molecule has 17 heavy (non-hydrogen) atoms. The Bertz CT molecular complexity index is 366. The molecule has 0 aliphatic rings. The number of amides is 1. The van der Waals surface area contributed by atoms with Crippen LogP contribution in [0.1, 0.15) is 19.3 Å². The predicted molar refractivity (Wildman–Crippen MR) is 69.3 cm³/mol. The molecule has 1 rings (SSSR count). The molecule has 94 valence electrons. The molecule has 2 N–H and O–H groups in total. The van der Waals surface area contributed by atoms with Crippen molar-refractivity contribution in [3.63, 3.8) is 0 Å². The van der Waals surface area contributed by atoms with E-state index in [0.29, 0.717) is 18.7 Å². The zero-order valence-electron chi connectivity index (χ0n) is 10.5. The van der Waals surface area contributed by atoms with Crippen molar-refractivity contribution in [3.8, 4) is 5.75 Å². The molecule has 4 nitrogen and oxygen atoms in total. The maximum absolute atomic E-state index is 11.9. The van der Waals surface area contributed by atoms with Crippen molar-refractivity contribution < 1.29 is 9.53 Å². The largest absolute Gasteiger partial charge is 0.495 e. The van der Waals surface area contributed by atoms with Crippen molar-refractivity contribution in [1.82, 2.24) is 0 Å². The quantitative estimate of drug-likeness (QED) is 0.766. The van der Waals surface area contributed by atoms with E-state index in [4.69, 9.17) is 10.5 Å². The second-order valence-corrected chi connectivity index (χ2v) is 3.87. The summed E-state index contributed by atoms with van der Waals surface area (Å²) in [7, 11) is 3.37. The van der Waals surface area contributed by atoms with Crippen molar-refractivity contribution in [3.05, 3.63) is 24.3 Å². The lowest BCUT2D eigenvalue weighted by Gasteiger charge is -2.19. The number of nitrogens with two attached hydrogens (primary N) is 1. The van der Waals surface area contributed by atoms with E-state index in [9.17, 15) is 4.79 Å². The molecule has 0 spiro atoms. The lowest BCUT2D eigenvalue weighted by Crippen LogP contribution is -2.26. The Labute approximate surface area is 102 Å². The molecule has 0 aliphatic carbocycles. The van der Waals surface area contributed by atoms with Crippen LogP contribution in [-0.4, -0.2) is 26.6 Å². The number of carbonyl (C=O) groups excluding carboxylic acids is 1. The summed E-state index contributed by atoms with van der Waals surface area (Å²) < 4.78 is 5.23. The van der Waals surface area contributed by atoms with Gasteiger partial charge in [0.2, 0.25) is 5.91 Å². The molecule has 0 atom stereocenters. The fourth-order valence-corrected chi connectivity index (χ4v) is 1.63. The average Bonchev–Trinajstić information content (AvgIpc) is 2.38. The van der Waals surface area contributed by atoms with Crippen LogP contribution in [0.3, 0.4) is 0 Å². The van der Waals surface area contributed by atoms with Crippen LogP contribution in [0, 0.1) is 0 Å². The molecule has 0 aliphatic heterocycles. The number of carbonyl (C=O) groups is 1. The number of rotatable bonds is 6. The molecule has 4 heteroatoms. The first-order chi connectivity index (χ1) is 8.20. The third kappa shape index (κ3) is 3.75. The standard InChI is InChI=1S/C13H20N2O2/c1-15(13(16)9-5-6-10-14)11-7-3-4-8-12(11)17-2/h3-4,7-8H,5-6,9-10,14H2,1-2H3. The first-order valence-corrected chi connectivity index (χ1v) is 5.80. The first-order valence-electron chi connectivity index (χ1n) is 5.80. The number of anilines is 1. The van der Waals surface area contributed by atoms with Gasteiger partial charge in [0, 0.05) is 13.5 Å². The average molecular weight is 236 g/mol. The molecule has 0 aromatic heterocycles. The summed E-state index contributed by atoms with van der Waals surface area (Å²) in [5.41, 5.74) is 6.20. The second kappa shape index (κ2) is 6.91. The molecule has 1 aromatic carbocycles. The highest BCUT2D eigenvalue weighted by molar-refractivity contribution is 5.94. The Kier molecular flexibility index (Phi) is 5.49. The van der Waals surface area contributed by atoms with Crippen LogP contribution in [0.4, 0.5) is 5.69 Å². The topological polar surface area (TPSA) is 55.6 Å². The molecule has 0 saturated carbocycles. The highest BCUT2D eigenvalue weighted by atomic mass is 16.5. The van der Waals surface area contributed by atoms with Crippen LogP contribution in [0.5, 0.6) is 5.75 Å². The maximum atomic E-state index is 11.9. The lowest BCUT2D eigenvalue weighted by molar-refractivity contribution is -0.118. The molecule has 0 unspecified atom stereocenters. The van der Waals surface area contributed by atoms with Crippen molar-refractivity contribution in [2.45, 2.75) is 19.3 Å². The van der Waals surface area contributed by atoms with Gasteiger partial charge in [0.25, 0.3) is 0 Å². The Balaban J connectivity index is 2.67. The van der Waals surface area contributed by atoms with E-state index in [1.807, 2.05) is 24.3 Å². The van der Waals surface area contributed by atoms with Gasteiger partial charge in [-0.05, 0) is 31.5 Å². The van der Waals surface area contributed by atoms with Crippen LogP contribution in [0.15, 0.2) is 24.3 Å². The monoisotopic (exact) mass is 236 g/mol. The summed E-state index contributed by atoms with van der Waals surface area (Å²) in [4.78, 5) is 13.6. The van der Waals surface area contributed by atoms with Crippen LogP contribution in [0.25, 0.3) is 0 Å². The number of methoxy groups -OCH3 is 1. The minimum absolute atomic E-state index is 0.0861. The fraction of sp³-hybridized carbons (Fsp3) is 0.462. The van der Waals surface area contributed by atoms with E-state index in [0.717, 1.165) is 18.5 Å². The van der Waals surface area contributed by atoms with Gasteiger partial charge in [-0.25, -0.2) is 0 Å². The summed E-state index contributed by atoms with van der Waals surface area (Å²) in [6.07, 6.45) is 2.23. The summed E-state index contributed by atoms with van der Waals surface area (Å²) in [5, 5.41) is 0. The van der Waals surface area contributed by atoms with Crippen molar-refractivity contribution in [2.75, 3.05) is 25.6 Å². The third-order valence-corrected chi connectivity index (χ3v) is 2.67. The number of hydrogen-bond donors (Lipinski definition) is 1. The highest BCUT2D eigenvalue weighted by Crippen LogP contribution is 2.27. The van der Waals surface area contributed by atoms with E-state index in [2.05, 4.69) is 0 Å². The zero-order chi connectivity index (χ0) is 12.7. The molecular formula is C13H20N2O2. The minimum atomic E-state index is 0.0861. The van der Waals surface area contributed by atoms with Gasteiger partial charge in [0.15, 0.2) is 0 Å². The van der Waals surface area contributed by atoms with Crippen LogP contribution in [-0.2, 0) is 4.79 Å². The minimum Gasteiger partial charge on any atom is -0.495 e. The Morgan fingerprint density at radius 2 is 2.06 bits per heavy atom. The van der Waals surface area contributed by atoms with Gasteiger partial charge >= 0.3 is 0 Å². The van der Waals surface area contributed by atoms with Crippen LogP contribution < -0.4 is 15.4 Å². The van der Waals surface area contributed by atoms with Crippen molar-refractivity contribution >= 4 is 11.6 Å².